The monoisotopic (exact) mass is 469 g/mol. The molecule has 9 heteroatoms. The Morgan fingerprint density at radius 1 is 1.17 bits per heavy atom. The van der Waals surface area contributed by atoms with Gasteiger partial charge in [-0.15, -0.1) is 0 Å². The van der Waals surface area contributed by atoms with E-state index in [0.717, 1.165) is 26.6 Å². The number of H-pyrrole nitrogens is 1. The average Bonchev–Trinajstić information content (AvgIpc) is 3.50. The minimum Gasteiger partial charge on any atom is -0.361 e. The normalized spacial score (nSPS) is 11.7. The number of hydrogen-bond acceptors (Lipinski definition) is 4. The number of aryl methyl sites for hydroxylation is 2. The van der Waals surface area contributed by atoms with Crippen molar-refractivity contribution in [1.29, 1.82) is 5.26 Å². The second-order valence-electron chi connectivity index (χ2n) is 9.56. The number of rotatable bonds is 5. The minimum absolute atomic E-state index is 0.179. The molecule has 9 nitrogen and oxygen atoms in total. The smallest absolute Gasteiger partial charge is 0.332 e. The number of benzene rings is 1. The number of aromatic nitrogens is 6. The maximum atomic E-state index is 13.5. The van der Waals surface area contributed by atoms with Crippen molar-refractivity contribution < 1.29 is 0 Å². The van der Waals surface area contributed by atoms with Crippen LogP contribution in [0.2, 0.25) is 0 Å². The maximum Gasteiger partial charge on any atom is 0.332 e. The van der Waals surface area contributed by atoms with E-state index in [1.165, 1.54) is 7.05 Å². The van der Waals surface area contributed by atoms with Gasteiger partial charge >= 0.3 is 5.69 Å². The summed E-state index contributed by atoms with van der Waals surface area (Å²) in [5.74, 6) is 0.179. The summed E-state index contributed by atoms with van der Waals surface area (Å²) in [6.07, 6.45) is 3.67. The molecule has 0 radical (unpaired) electrons. The molecule has 5 aromatic rings. The fraction of sp³-hybridized carbons (Fsp3) is 0.308. The Bertz CT molecular complexity index is 1770. The first-order valence-electron chi connectivity index (χ1n) is 11.5. The second-order valence-corrected chi connectivity index (χ2v) is 9.56. The molecule has 0 bridgehead atoms. The fourth-order valence-corrected chi connectivity index (χ4v) is 4.71. The molecule has 0 fully saturated rings. The van der Waals surface area contributed by atoms with E-state index >= 15 is 0 Å². The Labute approximate surface area is 201 Å². The molecule has 1 aromatic carbocycles. The molecule has 4 aromatic heterocycles. The zero-order valence-corrected chi connectivity index (χ0v) is 20.5. The van der Waals surface area contributed by atoms with Gasteiger partial charge in [0.2, 0.25) is 0 Å². The summed E-state index contributed by atoms with van der Waals surface area (Å²) in [6.45, 7) is 6.91. The van der Waals surface area contributed by atoms with Crippen molar-refractivity contribution >= 4 is 21.9 Å². The lowest BCUT2D eigenvalue weighted by Gasteiger charge is -2.11. The molecule has 4 heterocycles. The number of nitrogens with zero attached hydrogens (tertiary/aromatic N) is 6. The van der Waals surface area contributed by atoms with Gasteiger partial charge in [0.15, 0.2) is 5.65 Å². The van der Waals surface area contributed by atoms with Crippen molar-refractivity contribution in [3.8, 4) is 17.5 Å². The standard InChI is InChI=1S/C26H27N7O2/c1-15(2)12-32-24-22(25(34)31(5)26(32)35)23(21-9-17(10-27)13-30(21)4)33(29-24)14-18-11-28-20-7-6-16(3)8-19(18)20/h6-9,11,13,15,28H,12,14H2,1-5H3. The van der Waals surface area contributed by atoms with E-state index < -0.39 is 5.56 Å². The molecule has 0 aliphatic heterocycles. The Hall–Kier alpha value is -4.32. The second kappa shape index (κ2) is 8.17. The molecule has 178 valence electrons. The van der Waals surface area contributed by atoms with Gasteiger partial charge in [-0.25, -0.2) is 4.79 Å². The van der Waals surface area contributed by atoms with Gasteiger partial charge in [0, 0.05) is 43.9 Å². The third-order valence-electron chi connectivity index (χ3n) is 6.39. The Morgan fingerprint density at radius 2 is 1.94 bits per heavy atom. The van der Waals surface area contributed by atoms with Crippen LogP contribution in [0.25, 0.3) is 33.3 Å². The maximum absolute atomic E-state index is 13.5. The first kappa shape index (κ1) is 22.5. The van der Waals surface area contributed by atoms with Crippen LogP contribution in [0, 0.1) is 24.2 Å². The van der Waals surface area contributed by atoms with Crippen LogP contribution >= 0.6 is 0 Å². The lowest BCUT2D eigenvalue weighted by Crippen LogP contribution is -2.38. The number of fused-ring (bicyclic) bond motifs is 2. The van der Waals surface area contributed by atoms with E-state index in [-0.39, 0.29) is 11.6 Å². The molecule has 0 aliphatic rings. The highest BCUT2D eigenvalue weighted by Gasteiger charge is 2.25. The molecule has 0 spiro atoms. The average molecular weight is 470 g/mol. The topological polar surface area (TPSA) is 106 Å². The summed E-state index contributed by atoms with van der Waals surface area (Å²) in [7, 11) is 3.33. The zero-order valence-electron chi connectivity index (χ0n) is 20.5. The quantitative estimate of drug-likeness (QED) is 0.426. The van der Waals surface area contributed by atoms with Crippen LogP contribution in [-0.4, -0.2) is 28.5 Å². The minimum atomic E-state index is -0.402. The molecule has 0 amide bonds. The van der Waals surface area contributed by atoms with Crippen LogP contribution in [0.1, 0.15) is 30.5 Å². The number of aromatic amines is 1. The molecule has 35 heavy (non-hydrogen) atoms. The van der Waals surface area contributed by atoms with E-state index in [4.69, 9.17) is 5.10 Å². The Kier molecular flexibility index (Phi) is 5.24. The van der Waals surface area contributed by atoms with Gasteiger partial charge < -0.3 is 9.55 Å². The molecule has 0 saturated carbocycles. The lowest BCUT2D eigenvalue weighted by molar-refractivity contribution is 0.498. The molecular weight excluding hydrogens is 442 g/mol. The fourth-order valence-electron chi connectivity index (χ4n) is 4.71. The van der Waals surface area contributed by atoms with Gasteiger partial charge in [0.05, 0.1) is 17.8 Å². The van der Waals surface area contributed by atoms with Gasteiger partial charge in [0.1, 0.15) is 17.1 Å². The predicted molar refractivity (Wildman–Crippen MR) is 135 cm³/mol. The van der Waals surface area contributed by atoms with Gasteiger partial charge in [0.25, 0.3) is 5.56 Å². The van der Waals surface area contributed by atoms with Crippen molar-refractivity contribution in [1.82, 2.24) is 28.5 Å². The molecule has 5 rings (SSSR count). The van der Waals surface area contributed by atoms with E-state index in [1.807, 2.05) is 44.6 Å². The third kappa shape index (κ3) is 3.58. The molecule has 0 unspecified atom stereocenters. The van der Waals surface area contributed by atoms with Gasteiger partial charge in [-0.2, -0.15) is 10.4 Å². The third-order valence-corrected chi connectivity index (χ3v) is 6.39. The lowest BCUT2D eigenvalue weighted by atomic mass is 10.1. The summed E-state index contributed by atoms with van der Waals surface area (Å²) in [5.41, 5.74) is 4.50. The van der Waals surface area contributed by atoms with E-state index in [2.05, 4.69) is 23.2 Å². The number of hydrogen-bond donors (Lipinski definition) is 1. The molecule has 0 atom stereocenters. The highest BCUT2D eigenvalue weighted by atomic mass is 16.2. The van der Waals surface area contributed by atoms with Crippen molar-refractivity contribution in [3.63, 3.8) is 0 Å². The zero-order chi connectivity index (χ0) is 25.0. The summed E-state index contributed by atoms with van der Waals surface area (Å²) in [6, 6.07) is 10.1. The predicted octanol–water partition coefficient (Wildman–Crippen LogP) is 3.27. The molecule has 1 N–H and O–H groups in total. The van der Waals surface area contributed by atoms with Crippen LogP contribution < -0.4 is 11.2 Å². The van der Waals surface area contributed by atoms with Crippen molar-refractivity contribution in [2.24, 2.45) is 20.0 Å². The van der Waals surface area contributed by atoms with E-state index in [9.17, 15) is 14.9 Å². The SMILES string of the molecule is Cc1ccc2[nH]cc(Cn3nc4c(c3-c3cc(C#N)cn3C)c(=O)n(C)c(=O)n4CC(C)C)c2c1. The largest absolute Gasteiger partial charge is 0.361 e. The van der Waals surface area contributed by atoms with Gasteiger partial charge in [-0.3, -0.25) is 18.6 Å². The van der Waals surface area contributed by atoms with Crippen LogP contribution in [0.15, 0.2) is 46.2 Å². The highest BCUT2D eigenvalue weighted by molar-refractivity contribution is 5.91. The molecule has 0 saturated heterocycles. The molecular formula is C26H27N7O2. The van der Waals surface area contributed by atoms with Gasteiger partial charge in [-0.05, 0) is 36.6 Å². The van der Waals surface area contributed by atoms with Crippen molar-refractivity contribution in [2.75, 3.05) is 0 Å². The summed E-state index contributed by atoms with van der Waals surface area (Å²) in [4.78, 5) is 29.8. The van der Waals surface area contributed by atoms with Crippen molar-refractivity contribution in [3.05, 3.63) is 74.2 Å². The van der Waals surface area contributed by atoms with Crippen LogP contribution in [0.5, 0.6) is 0 Å². The summed E-state index contributed by atoms with van der Waals surface area (Å²) >= 11 is 0. The first-order chi connectivity index (χ1) is 16.7. The summed E-state index contributed by atoms with van der Waals surface area (Å²) in [5, 5.41) is 15.8. The number of nitrogens with one attached hydrogen (secondary N) is 1. The van der Waals surface area contributed by atoms with Crippen molar-refractivity contribution in [2.45, 2.75) is 33.9 Å². The number of nitriles is 1. The van der Waals surface area contributed by atoms with Crippen LogP contribution in [0.3, 0.4) is 0 Å². The van der Waals surface area contributed by atoms with Crippen LogP contribution in [-0.2, 0) is 27.2 Å². The summed E-state index contributed by atoms with van der Waals surface area (Å²) < 4.78 is 6.32. The highest BCUT2D eigenvalue weighted by Crippen LogP contribution is 2.30. The van der Waals surface area contributed by atoms with Gasteiger partial charge in [-0.1, -0.05) is 25.5 Å². The Morgan fingerprint density at radius 3 is 2.63 bits per heavy atom. The Balaban J connectivity index is 1.86. The molecule has 0 aliphatic carbocycles. The van der Waals surface area contributed by atoms with Crippen LogP contribution in [0.4, 0.5) is 0 Å². The first-order valence-corrected chi connectivity index (χ1v) is 11.5. The van der Waals surface area contributed by atoms with E-state index in [0.29, 0.717) is 41.1 Å². The van der Waals surface area contributed by atoms with E-state index in [1.54, 1.807) is 21.5 Å².